The Hall–Kier alpha value is -2.07. The number of piperidine rings is 1. The number of carbonyl (C=O) groups is 2. The van der Waals surface area contributed by atoms with Gasteiger partial charge in [-0.2, -0.15) is 5.10 Å². The highest BCUT2D eigenvalue weighted by molar-refractivity contribution is 7.32. The summed E-state index contributed by atoms with van der Waals surface area (Å²) in [7, 11) is -2.55. The van der Waals surface area contributed by atoms with E-state index in [4.69, 9.17) is 15.2 Å². The number of carbonyl (C=O) groups excluding carboxylic acids is 2. The third-order valence-corrected chi connectivity index (χ3v) is 8.11. The van der Waals surface area contributed by atoms with E-state index in [0.29, 0.717) is 36.2 Å². The van der Waals surface area contributed by atoms with Gasteiger partial charge in [0.1, 0.15) is 6.61 Å². The monoisotopic (exact) mass is 482 g/mol. The lowest BCUT2D eigenvalue weighted by molar-refractivity contribution is -0.138. The van der Waals surface area contributed by atoms with Crippen LogP contribution in [0.15, 0.2) is 6.07 Å². The fraction of sp³-hybridized carbons (Fsp3) is 0.650. The minimum atomic E-state index is -2.55. The molecular formula is C20H29N5O5PS+. The molecule has 2 aliphatic rings. The van der Waals surface area contributed by atoms with Gasteiger partial charge in [-0.1, -0.05) is 0 Å². The number of aromatic amines is 1. The SMILES string of the molecule is Nc1n[nH]c2cc(C(=O)NCC3CCC(C(=O)N4CCC(CO[P+](=O)O)CC4)CC3)sc12. The standard InChI is InChI=1S/C20H28N5O5PS/c21-18-17-15(23-24-18)9-16(32-17)19(26)22-10-12-1-3-14(4-2-12)20(27)25-7-5-13(6-8-25)11-30-31(28)29/h9,12-14H,1-8,10-11H2,(H4-,21,22,23,24,26,28,29)/p+1. The molecule has 4 rings (SSSR count). The van der Waals surface area contributed by atoms with Crippen molar-refractivity contribution in [2.75, 3.05) is 32.0 Å². The zero-order valence-electron chi connectivity index (χ0n) is 17.8. The Bertz CT molecular complexity index is 978. The molecule has 2 aromatic rings. The lowest BCUT2D eigenvalue weighted by atomic mass is 9.81. The quantitative estimate of drug-likeness (QED) is 0.443. The molecular weight excluding hydrogens is 453 g/mol. The summed E-state index contributed by atoms with van der Waals surface area (Å²) in [6.45, 7) is 2.24. The summed E-state index contributed by atoms with van der Waals surface area (Å²) in [5.41, 5.74) is 6.56. The molecule has 1 aliphatic carbocycles. The van der Waals surface area contributed by atoms with Gasteiger partial charge in [0.05, 0.1) is 15.1 Å². The summed E-state index contributed by atoms with van der Waals surface area (Å²) < 4.78 is 16.3. The molecule has 2 aromatic heterocycles. The minimum absolute atomic E-state index is 0.0512. The molecule has 0 bridgehead atoms. The predicted molar refractivity (Wildman–Crippen MR) is 121 cm³/mol. The molecule has 1 aliphatic heterocycles. The summed E-state index contributed by atoms with van der Waals surface area (Å²) in [6, 6.07) is 1.77. The van der Waals surface area contributed by atoms with Gasteiger partial charge in [-0.05, 0) is 56.4 Å². The molecule has 0 spiro atoms. The topological polar surface area (TPSA) is 151 Å². The molecule has 1 saturated carbocycles. The number of amides is 2. The van der Waals surface area contributed by atoms with Gasteiger partial charge >= 0.3 is 8.25 Å². The summed E-state index contributed by atoms with van der Waals surface area (Å²) >= 11 is 1.33. The van der Waals surface area contributed by atoms with Crippen molar-refractivity contribution in [3.63, 3.8) is 0 Å². The Morgan fingerprint density at radius 2 is 1.97 bits per heavy atom. The maximum absolute atomic E-state index is 12.9. The van der Waals surface area contributed by atoms with Crippen molar-refractivity contribution >= 4 is 47.4 Å². The van der Waals surface area contributed by atoms with Gasteiger partial charge < -0.3 is 16.0 Å². The normalized spacial score (nSPS) is 22.8. The summed E-state index contributed by atoms with van der Waals surface area (Å²) in [4.78, 5) is 36.7. The van der Waals surface area contributed by atoms with Crippen LogP contribution in [0.1, 0.15) is 48.2 Å². The molecule has 32 heavy (non-hydrogen) atoms. The lowest BCUT2D eigenvalue weighted by Crippen LogP contribution is -2.43. The Morgan fingerprint density at radius 3 is 2.62 bits per heavy atom. The second kappa shape index (κ2) is 10.2. The number of nitrogens with two attached hydrogens (primary N) is 1. The van der Waals surface area contributed by atoms with Crippen LogP contribution in [0.2, 0.25) is 0 Å². The Balaban J connectivity index is 1.17. The first-order chi connectivity index (χ1) is 15.4. The first kappa shape index (κ1) is 23.1. The van der Waals surface area contributed by atoms with Crippen molar-refractivity contribution in [2.45, 2.75) is 38.5 Å². The van der Waals surface area contributed by atoms with Crippen molar-refractivity contribution in [2.24, 2.45) is 17.8 Å². The smallest absolute Gasteiger partial charge is 0.381 e. The van der Waals surface area contributed by atoms with E-state index in [0.717, 1.165) is 48.7 Å². The molecule has 1 saturated heterocycles. The van der Waals surface area contributed by atoms with Gasteiger partial charge in [0.2, 0.25) is 5.91 Å². The van der Waals surface area contributed by atoms with Crippen molar-refractivity contribution < 1.29 is 23.6 Å². The Labute approximate surface area is 190 Å². The number of nitrogens with zero attached hydrogens (tertiary/aromatic N) is 2. The van der Waals surface area contributed by atoms with Crippen LogP contribution in [0.3, 0.4) is 0 Å². The average Bonchev–Trinajstić information content (AvgIpc) is 3.38. The van der Waals surface area contributed by atoms with E-state index in [2.05, 4.69) is 15.5 Å². The van der Waals surface area contributed by atoms with Gasteiger partial charge in [0.15, 0.2) is 5.82 Å². The second-order valence-electron chi connectivity index (χ2n) is 8.69. The molecule has 1 atom stereocenters. The fourth-order valence-electron chi connectivity index (χ4n) is 4.63. The molecule has 2 fully saturated rings. The number of hydrogen-bond donors (Lipinski definition) is 4. The number of H-pyrrole nitrogens is 1. The number of rotatable bonds is 7. The van der Waals surface area contributed by atoms with Crippen LogP contribution >= 0.6 is 19.6 Å². The van der Waals surface area contributed by atoms with Crippen LogP contribution in [0.5, 0.6) is 0 Å². The van der Waals surface area contributed by atoms with Crippen LogP contribution in [0.4, 0.5) is 5.82 Å². The van der Waals surface area contributed by atoms with E-state index >= 15 is 0 Å². The van der Waals surface area contributed by atoms with Gasteiger partial charge in [-0.15, -0.1) is 20.8 Å². The number of hydrogen-bond acceptors (Lipinski definition) is 7. The predicted octanol–water partition coefficient (Wildman–Crippen LogP) is 2.65. The van der Waals surface area contributed by atoms with Gasteiger partial charge in [-0.25, -0.2) is 0 Å². The van der Waals surface area contributed by atoms with Crippen molar-refractivity contribution in [1.29, 1.82) is 0 Å². The van der Waals surface area contributed by atoms with Gasteiger partial charge in [0.25, 0.3) is 5.91 Å². The molecule has 174 valence electrons. The summed E-state index contributed by atoms with van der Waals surface area (Å²) in [5, 5.41) is 9.76. The average molecular weight is 483 g/mol. The fourth-order valence-corrected chi connectivity index (χ4v) is 5.90. The molecule has 0 radical (unpaired) electrons. The molecule has 10 nitrogen and oxygen atoms in total. The number of aromatic nitrogens is 2. The summed E-state index contributed by atoms with van der Waals surface area (Å²) in [6.07, 6.45) is 5.14. The number of fused-ring (bicyclic) bond motifs is 1. The lowest BCUT2D eigenvalue weighted by Gasteiger charge is -2.36. The van der Waals surface area contributed by atoms with Gasteiger partial charge in [0, 0.05) is 30.1 Å². The third-order valence-electron chi connectivity index (χ3n) is 6.58. The zero-order chi connectivity index (χ0) is 22.7. The van der Waals surface area contributed by atoms with Crippen LogP contribution < -0.4 is 11.1 Å². The van der Waals surface area contributed by atoms with E-state index in [1.54, 1.807) is 6.07 Å². The van der Waals surface area contributed by atoms with Crippen LogP contribution in [0.25, 0.3) is 10.2 Å². The van der Waals surface area contributed by atoms with E-state index in [-0.39, 0.29) is 30.3 Å². The number of likely N-dealkylation sites (tertiary alicyclic amines) is 1. The van der Waals surface area contributed by atoms with Crippen LogP contribution in [-0.2, 0) is 13.9 Å². The maximum Gasteiger partial charge on any atom is 0.694 e. The van der Waals surface area contributed by atoms with E-state index in [9.17, 15) is 14.2 Å². The highest BCUT2D eigenvalue weighted by atomic mass is 32.1. The Morgan fingerprint density at radius 1 is 1.25 bits per heavy atom. The molecule has 1 unspecified atom stereocenters. The van der Waals surface area contributed by atoms with E-state index < -0.39 is 8.25 Å². The molecule has 5 N–H and O–H groups in total. The first-order valence-corrected chi connectivity index (χ1v) is 12.9. The van der Waals surface area contributed by atoms with Crippen molar-refractivity contribution in [3.05, 3.63) is 10.9 Å². The molecule has 2 amide bonds. The molecule has 3 heterocycles. The number of anilines is 1. The molecule has 12 heteroatoms. The maximum atomic E-state index is 12.9. The number of nitrogens with one attached hydrogen (secondary N) is 2. The second-order valence-corrected chi connectivity index (χ2v) is 10.5. The number of thiophene rings is 1. The number of nitrogen functional groups attached to an aromatic ring is 1. The highest BCUT2D eigenvalue weighted by Gasteiger charge is 2.32. The van der Waals surface area contributed by atoms with Crippen molar-refractivity contribution in [3.8, 4) is 0 Å². The minimum Gasteiger partial charge on any atom is -0.381 e. The molecule has 0 aromatic carbocycles. The van der Waals surface area contributed by atoms with E-state index in [1.165, 1.54) is 11.3 Å². The van der Waals surface area contributed by atoms with Gasteiger partial charge in [-0.3, -0.25) is 14.7 Å². The highest BCUT2D eigenvalue weighted by Crippen LogP contribution is 2.32. The van der Waals surface area contributed by atoms with Crippen molar-refractivity contribution in [1.82, 2.24) is 20.4 Å². The Kier molecular flexibility index (Phi) is 7.40. The van der Waals surface area contributed by atoms with Crippen LogP contribution in [0, 0.1) is 17.8 Å². The zero-order valence-corrected chi connectivity index (χ0v) is 19.5. The summed E-state index contributed by atoms with van der Waals surface area (Å²) in [5.74, 6) is 1.19. The largest absolute Gasteiger partial charge is 0.694 e. The first-order valence-electron chi connectivity index (χ1n) is 11.0. The van der Waals surface area contributed by atoms with E-state index in [1.807, 2.05) is 4.90 Å². The van der Waals surface area contributed by atoms with Crippen LogP contribution in [-0.4, -0.2) is 58.0 Å². The third kappa shape index (κ3) is 5.46.